The van der Waals surface area contributed by atoms with E-state index in [-0.39, 0.29) is 0 Å². The van der Waals surface area contributed by atoms with Crippen LogP contribution >= 0.6 is 0 Å². The number of carboxylic acids is 1. The lowest BCUT2D eigenvalue weighted by Crippen LogP contribution is -2.46. The summed E-state index contributed by atoms with van der Waals surface area (Å²) < 4.78 is 36.2. The van der Waals surface area contributed by atoms with Gasteiger partial charge < -0.3 is 10.4 Å². The Morgan fingerprint density at radius 3 is 1.94 bits per heavy atom. The second-order valence-electron chi connectivity index (χ2n) is 5.37. The van der Waals surface area contributed by atoms with Crippen molar-refractivity contribution in [2.45, 2.75) is 46.3 Å². The summed E-state index contributed by atoms with van der Waals surface area (Å²) >= 11 is 0. The number of hydrogen-bond acceptors (Lipinski definition) is 2. The average molecular weight is 269 g/mol. The van der Waals surface area contributed by atoms with Crippen molar-refractivity contribution >= 4 is 11.9 Å². The van der Waals surface area contributed by atoms with Gasteiger partial charge in [-0.1, -0.05) is 20.8 Å². The Hall–Kier alpha value is -1.27. The highest BCUT2D eigenvalue weighted by atomic mass is 19.4. The van der Waals surface area contributed by atoms with E-state index in [0.29, 0.717) is 0 Å². The molecule has 0 aromatic heterocycles. The van der Waals surface area contributed by atoms with Gasteiger partial charge in [0.2, 0.25) is 5.91 Å². The van der Waals surface area contributed by atoms with Crippen LogP contribution < -0.4 is 5.32 Å². The van der Waals surface area contributed by atoms with E-state index in [9.17, 15) is 22.8 Å². The third kappa shape index (κ3) is 5.88. The van der Waals surface area contributed by atoms with Crippen LogP contribution in [0, 0.1) is 11.3 Å². The van der Waals surface area contributed by atoms with Gasteiger partial charge in [0.15, 0.2) is 0 Å². The molecule has 0 bridgehead atoms. The summed E-state index contributed by atoms with van der Waals surface area (Å²) in [5.74, 6) is -3.63. The summed E-state index contributed by atoms with van der Waals surface area (Å²) in [5, 5.41) is 11.0. The Bertz CT molecular complexity index is 320. The molecule has 0 aliphatic carbocycles. The van der Waals surface area contributed by atoms with E-state index < -0.39 is 41.8 Å². The quantitative estimate of drug-likeness (QED) is 0.769. The van der Waals surface area contributed by atoms with Gasteiger partial charge >= 0.3 is 12.1 Å². The van der Waals surface area contributed by atoms with Crippen LogP contribution in [0.1, 0.15) is 34.1 Å². The van der Waals surface area contributed by atoms with Crippen LogP contribution in [-0.4, -0.2) is 29.2 Å². The van der Waals surface area contributed by atoms with Gasteiger partial charge in [-0.3, -0.25) is 9.59 Å². The third-order valence-electron chi connectivity index (χ3n) is 2.30. The zero-order chi connectivity index (χ0) is 14.7. The number of nitrogens with one attached hydrogen (secondary N) is 1. The molecule has 0 rings (SSSR count). The Morgan fingerprint density at radius 1 is 1.22 bits per heavy atom. The maximum atomic E-state index is 12.1. The Morgan fingerprint density at radius 2 is 1.67 bits per heavy atom. The molecule has 0 aliphatic heterocycles. The number of carbonyl (C=O) groups excluding carboxylic acids is 1. The van der Waals surface area contributed by atoms with E-state index in [2.05, 4.69) is 5.32 Å². The number of alkyl halides is 3. The first-order chi connectivity index (χ1) is 7.84. The van der Waals surface area contributed by atoms with Gasteiger partial charge in [0.05, 0.1) is 6.42 Å². The topological polar surface area (TPSA) is 66.4 Å². The van der Waals surface area contributed by atoms with Crippen LogP contribution in [0.3, 0.4) is 0 Å². The summed E-state index contributed by atoms with van der Waals surface area (Å²) in [6, 6.07) is -1.15. The highest BCUT2D eigenvalue weighted by Gasteiger charge is 2.39. The molecule has 106 valence electrons. The maximum Gasteiger partial charge on any atom is 0.391 e. The molecule has 0 spiro atoms. The molecule has 7 heteroatoms. The van der Waals surface area contributed by atoms with Gasteiger partial charge in [-0.15, -0.1) is 0 Å². The molecule has 1 amide bonds. The lowest BCUT2D eigenvalue weighted by molar-refractivity contribution is -0.153. The fourth-order valence-electron chi connectivity index (χ4n) is 1.60. The second-order valence-corrected chi connectivity index (χ2v) is 5.37. The summed E-state index contributed by atoms with van der Waals surface area (Å²) in [6.07, 6.45) is -5.58. The highest BCUT2D eigenvalue weighted by molar-refractivity contribution is 5.97. The molecule has 2 N–H and O–H groups in total. The number of carboxylic acid groups (broad SMARTS) is 1. The molecule has 0 saturated carbocycles. The Balaban J connectivity index is 4.69. The Kier molecular flexibility index (Phi) is 5.19. The predicted octanol–water partition coefficient (Wildman–Crippen LogP) is 2.19. The van der Waals surface area contributed by atoms with E-state index in [1.165, 1.54) is 6.92 Å². The van der Waals surface area contributed by atoms with Crippen molar-refractivity contribution in [2.24, 2.45) is 11.3 Å². The lowest BCUT2D eigenvalue weighted by Gasteiger charge is -2.27. The fraction of sp³-hybridized carbons (Fsp3) is 0.818. The Labute approximate surface area is 104 Å². The number of halogens is 3. The first-order valence-corrected chi connectivity index (χ1v) is 5.44. The summed E-state index contributed by atoms with van der Waals surface area (Å²) in [5.41, 5.74) is -0.867. The van der Waals surface area contributed by atoms with Crippen LogP contribution in [0.25, 0.3) is 0 Å². The SMILES string of the molecule is CC(CC(F)(F)F)NC(=O)C(C(=O)O)C(C)(C)C. The molecule has 0 fully saturated rings. The van der Waals surface area contributed by atoms with Crippen molar-refractivity contribution in [3.05, 3.63) is 0 Å². The predicted molar refractivity (Wildman–Crippen MR) is 58.9 cm³/mol. The maximum absolute atomic E-state index is 12.1. The largest absolute Gasteiger partial charge is 0.481 e. The summed E-state index contributed by atoms with van der Waals surface area (Å²) in [4.78, 5) is 22.6. The minimum atomic E-state index is -4.40. The van der Waals surface area contributed by atoms with E-state index in [1.54, 1.807) is 20.8 Å². The number of carbonyl (C=O) groups is 2. The number of amides is 1. The average Bonchev–Trinajstić information content (AvgIpc) is 1.93. The first kappa shape index (κ1) is 16.7. The molecule has 0 radical (unpaired) electrons. The molecular formula is C11H18F3NO3. The minimum absolute atomic E-state index is 0.867. The van der Waals surface area contributed by atoms with Crippen molar-refractivity contribution in [3.63, 3.8) is 0 Å². The van der Waals surface area contributed by atoms with Crippen molar-refractivity contribution in [2.75, 3.05) is 0 Å². The van der Waals surface area contributed by atoms with Crippen molar-refractivity contribution in [3.8, 4) is 0 Å². The zero-order valence-electron chi connectivity index (χ0n) is 10.8. The molecule has 2 atom stereocenters. The van der Waals surface area contributed by atoms with E-state index in [1.807, 2.05) is 0 Å². The van der Waals surface area contributed by atoms with Crippen LogP contribution in [0.15, 0.2) is 0 Å². The first-order valence-electron chi connectivity index (χ1n) is 5.44. The number of rotatable bonds is 4. The van der Waals surface area contributed by atoms with Gasteiger partial charge in [-0.2, -0.15) is 13.2 Å². The molecule has 0 aliphatic rings. The van der Waals surface area contributed by atoms with Gasteiger partial charge in [0.1, 0.15) is 5.92 Å². The van der Waals surface area contributed by atoms with Crippen LogP contribution in [0.5, 0.6) is 0 Å². The van der Waals surface area contributed by atoms with Gasteiger partial charge in [0, 0.05) is 6.04 Å². The van der Waals surface area contributed by atoms with Crippen LogP contribution in [0.2, 0.25) is 0 Å². The zero-order valence-corrected chi connectivity index (χ0v) is 10.8. The van der Waals surface area contributed by atoms with Crippen molar-refractivity contribution < 1.29 is 27.9 Å². The molecule has 0 heterocycles. The third-order valence-corrected chi connectivity index (χ3v) is 2.30. The lowest BCUT2D eigenvalue weighted by atomic mass is 9.80. The molecule has 0 aromatic rings. The van der Waals surface area contributed by atoms with Crippen LogP contribution in [-0.2, 0) is 9.59 Å². The van der Waals surface area contributed by atoms with E-state index in [0.717, 1.165) is 0 Å². The molecular weight excluding hydrogens is 251 g/mol. The normalized spacial score (nSPS) is 15.9. The highest BCUT2D eigenvalue weighted by Crippen LogP contribution is 2.27. The molecule has 4 nitrogen and oxygen atoms in total. The van der Waals surface area contributed by atoms with Crippen molar-refractivity contribution in [1.82, 2.24) is 5.32 Å². The van der Waals surface area contributed by atoms with Gasteiger partial charge in [0.25, 0.3) is 0 Å². The van der Waals surface area contributed by atoms with E-state index >= 15 is 0 Å². The number of hydrogen-bond donors (Lipinski definition) is 2. The minimum Gasteiger partial charge on any atom is -0.481 e. The molecule has 18 heavy (non-hydrogen) atoms. The smallest absolute Gasteiger partial charge is 0.391 e. The van der Waals surface area contributed by atoms with Gasteiger partial charge in [-0.05, 0) is 12.3 Å². The summed E-state index contributed by atoms with van der Waals surface area (Å²) in [6.45, 7) is 5.81. The fourth-order valence-corrected chi connectivity index (χ4v) is 1.60. The van der Waals surface area contributed by atoms with Crippen molar-refractivity contribution in [1.29, 1.82) is 0 Å². The molecule has 2 unspecified atom stereocenters. The van der Waals surface area contributed by atoms with Gasteiger partial charge in [-0.25, -0.2) is 0 Å². The summed E-state index contributed by atoms with van der Waals surface area (Å²) in [7, 11) is 0. The molecule has 0 saturated heterocycles. The second kappa shape index (κ2) is 5.58. The van der Waals surface area contributed by atoms with E-state index in [4.69, 9.17) is 5.11 Å². The van der Waals surface area contributed by atoms with Crippen LogP contribution in [0.4, 0.5) is 13.2 Å². The monoisotopic (exact) mass is 269 g/mol. The molecule has 0 aromatic carbocycles. The standard InChI is InChI=1S/C11H18F3NO3/c1-6(5-11(12,13)14)15-8(16)7(9(17)18)10(2,3)4/h6-7H,5H2,1-4H3,(H,15,16)(H,17,18). The number of aliphatic carboxylic acids is 1.